The van der Waals surface area contributed by atoms with Crippen LogP contribution in [0.5, 0.6) is 0 Å². The van der Waals surface area contributed by atoms with Gasteiger partial charge in [0.1, 0.15) is 5.82 Å². The van der Waals surface area contributed by atoms with Gasteiger partial charge in [-0.2, -0.15) is 0 Å². The topological polar surface area (TPSA) is 67.5 Å². The molecule has 0 spiro atoms. The monoisotopic (exact) mass is 535 g/mol. The molecule has 0 aliphatic carbocycles. The third-order valence-electron chi connectivity index (χ3n) is 7.38. The summed E-state index contributed by atoms with van der Waals surface area (Å²) in [6.07, 6.45) is 3.00. The Morgan fingerprint density at radius 3 is 2.35 bits per heavy atom. The maximum absolute atomic E-state index is 15.9. The zero-order valence-electron chi connectivity index (χ0n) is 22.3. The molecule has 3 aromatic carbocycles. The molecule has 0 amide bonds. The lowest BCUT2D eigenvalue weighted by Crippen LogP contribution is -2.24. The Balaban J connectivity index is 1.49. The fourth-order valence-electron chi connectivity index (χ4n) is 5.40. The van der Waals surface area contributed by atoms with E-state index < -0.39 is 5.97 Å². The first kappa shape index (κ1) is 25.8. The van der Waals surface area contributed by atoms with Crippen molar-refractivity contribution in [3.63, 3.8) is 0 Å². The minimum absolute atomic E-state index is 0.251. The average molecular weight is 536 g/mol. The van der Waals surface area contributed by atoms with Crippen molar-refractivity contribution in [3.8, 4) is 11.3 Å². The van der Waals surface area contributed by atoms with Crippen LogP contribution in [0.2, 0.25) is 0 Å². The molecule has 6 rings (SSSR count). The number of methoxy groups -OCH3 is 1. The van der Waals surface area contributed by atoms with Crippen molar-refractivity contribution in [2.24, 2.45) is 0 Å². The second-order valence-electron chi connectivity index (χ2n) is 10.00. The first-order chi connectivity index (χ1) is 19.6. The highest BCUT2D eigenvalue weighted by Gasteiger charge is 2.25. The third kappa shape index (κ3) is 5.08. The van der Waals surface area contributed by atoms with Crippen molar-refractivity contribution in [1.29, 1.82) is 0 Å². The van der Waals surface area contributed by atoms with Crippen LogP contribution >= 0.6 is 0 Å². The van der Waals surface area contributed by atoms with E-state index in [9.17, 15) is 4.79 Å². The Bertz CT molecular complexity index is 1590. The molecule has 2 aromatic heterocycles. The minimum atomic E-state index is -0.499. The largest absolute Gasteiger partial charge is 0.465 e. The number of nitrogens with one attached hydrogen (secondary N) is 1. The van der Waals surface area contributed by atoms with Crippen LogP contribution in [0, 0.1) is 5.82 Å². The Kier molecular flexibility index (Phi) is 7.29. The highest BCUT2D eigenvalue weighted by Crippen LogP contribution is 2.37. The normalized spacial score (nSPS) is 14.9. The molecule has 1 aliphatic heterocycles. The predicted octanol–water partition coefficient (Wildman–Crippen LogP) is 7.21. The molecular weight excluding hydrogens is 505 g/mol. The van der Waals surface area contributed by atoms with E-state index in [1.54, 1.807) is 18.3 Å². The van der Waals surface area contributed by atoms with Crippen LogP contribution in [-0.2, 0) is 22.6 Å². The van der Waals surface area contributed by atoms with Gasteiger partial charge < -0.3 is 19.4 Å². The van der Waals surface area contributed by atoms with Crippen LogP contribution in [0.25, 0.3) is 22.2 Å². The number of carbonyl (C=O) groups excluding carboxylic acids is 1. The number of ether oxygens (including phenoxy) is 2. The number of rotatable bonds is 8. The second-order valence-corrected chi connectivity index (χ2v) is 10.00. The average Bonchev–Trinajstić information content (AvgIpc) is 3.68. The first-order valence-electron chi connectivity index (χ1n) is 13.5. The Labute approximate surface area is 232 Å². The van der Waals surface area contributed by atoms with E-state index in [4.69, 9.17) is 14.5 Å². The van der Waals surface area contributed by atoms with Gasteiger partial charge in [0.2, 0.25) is 0 Å². The Hall–Kier alpha value is -4.49. The summed E-state index contributed by atoms with van der Waals surface area (Å²) >= 11 is 0. The van der Waals surface area contributed by atoms with Crippen molar-refractivity contribution < 1.29 is 18.7 Å². The molecule has 40 heavy (non-hydrogen) atoms. The zero-order chi connectivity index (χ0) is 27.5. The van der Waals surface area contributed by atoms with Crippen LogP contribution in [0.15, 0.2) is 91.1 Å². The highest BCUT2D eigenvalue weighted by atomic mass is 19.1. The number of carbonyl (C=O) groups is 1. The van der Waals surface area contributed by atoms with Gasteiger partial charge in [-0.25, -0.2) is 14.2 Å². The number of esters is 1. The van der Waals surface area contributed by atoms with Gasteiger partial charge in [0.15, 0.2) is 5.82 Å². The number of aromatic nitrogens is 2. The van der Waals surface area contributed by atoms with E-state index in [2.05, 4.69) is 34.1 Å². The minimum Gasteiger partial charge on any atom is -0.465 e. The van der Waals surface area contributed by atoms with E-state index in [0.29, 0.717) is 58.8 Å². The van der Waals surface area contributed by atoms with Crippen molar-refractivity contribution in [2.75, 3.05) is 18.6 Å². The van der Waals surface area contributed by atoms with Crippen LogP contribution in [-0.4, -0.2) is 29.7 Å². The molecule has 0 saturated carbocycles. The molecule has 1 N–H and O–H groups in total. The van der Waals surface area contributed by atoms with E-state index in [1.165, 1.54) is 7.11 Å². The van der Waals surface area contributed by atoms with Gasteiger partial charge in [0.25, 0.3) is 0 Å². The molecule has 1 saturated heterocycles. The van der Waals surface area contributed by atoms with E-state index in [1.807, 2.05) is 48.5 Å². The van der Waals surface area contributed by atoms with E-state index in [0.717, 1.165) is 24.0 Å². The fourth-order valence-corrected chi connectivity index (χ4v) is 5.40. The van der Waals surface area contributed by atoms with Gasteiger partial charge >= 0.3 is 5.97 Å². The van der Waals surface area contributed by atoms with Gasteiger partial charge in [-0.3, -0.25) is 0 Å². The summed E-state index contributed by atoms with van der Waals surface area (Å²) < 4.78 is 26.7. The van der Waals surface area contributed by atoms with Gasteiger partial charge in [0.05, 0.1) is 24.3 Å². The summed E-state index contributed by atoms with van der Waals surface area (Å²) in [5.41, 5.74) is 4.73. The number of pyridine rings is 1. The quantitative estimate of drug-likeness (QED) is 0.213. The molecule has 1 unspecified atom stereocenters. The Morgan fingerprint density at radius 1 is 1.02 bits per heavy atom. The number of halogens is 1. The van der Waals surface area contributed by atoms with Crippen molar-refractivity contribution >= 4 is 22.7 Å². The smallest absolute Gasteiger partial charge is 0.340 e. The van der Waals surface area contributed by atoms with E-state index >= 15 is 4.39 Å². The lowest BCUT2D eigenvalue weighted by Gasteiger charge is -2.25. The zero-order valence-corrected chi connectivity index (χ0v) is 22.3. The molecule has 1 atom stereocenters. The highest BCUT2D eigenvalue weighted by molar-refractivity contribution is 6.07. The van der Waals surface area contributed by atoms with Gasteiger partial charge in [0, 0.05) is 48.1 Å². The standard InChI is InChI=1S/C33H30FN3O3/c1-39-33(38)27-19-35-32(37(20-22-10-4-2-5-11-22)21-23-12-6-3-7-13-23)31-26(27)18-28(36-31)24-14-8-15-25(30(24)34)29-16-9-17-40-29/h2-8,10-15,18-19,29,36H,9,16-17,20-21H2,1H3. The third-order valence-corrected chi connectivity index (χ3v) is 7.38. The summed E-state index contributed by atoms with van der Waals surface area (Å²) in [6.45, 7) is 1.82. The fraction of sp³-hybridized carbons (Fsp3) is 0.212. The number of fused-ring (bicyclic) bond motifs is 1. The number of aromatic amines is 1. The summed E-state index contributed by atoms with van der Waals surface area (Å²) in [5, 5.41) is 0.625. The number of hydrogen-bond acceptors (Lipinski definition) is 5. The molecule has 6 nitrogen and oxygen atoms in total. The van der Waals surface area contributed by atoms with Crippen molar-refractivity contribution in [1.82, 2.24) is 9.97 Å². The molecular formula is C33H30FN3O3. The van der Waals surface area contributed by atoms with E-state index in [-0.39, 0.29) is 11.9 Å². The molecule has 0 radical (unpaired) electrons. The summed E-state index contributed by atoms with van der Waals surface area (Å²) in [4.78, 5) is 23.1. The summed E-state index contributed by atoms with van der Waals surface area (Å²) in [7, 11) is 1.34. The number of hydrogen-bond donors (Lipinski definition) is 1. The molecule has 0 bridgehead atoms. The first-order valence-corrected chi connectivity index (χ1v) is 13.5. The lowest BCUT2D eigenvalue weighted by atomic mass is 10.0. The number of H-pyrrole nitrogens is 1. The maximum atomic E-state index is 15.9. The van der Waals surface area contributed by atoms with Gasteiger partial charge in [-0.15, -0.1) is 0 Å². The maximum Gasteiger partial charge on any atom is 0.340 e. The van der Waals surface area contributed by atoms with Crippen molar-refractivity contribution in [2.45, 2.75) is 32.0 Å². The van der Waals surface area contributed by atoms with Gasteiger partial charge in [-0.1, -0.05) is 72.8 Å². The molecule has 1 aliphatic rings. The SMILES string of the molecule is COC(=O)c1cnc(N(Cc2ccccc2)Cc2ccccc2)c2[nH]c(-c3cccc(C4CCCO4)c3F)cc12. The molecule has 202 valence electrons. The number of anilines is 1. The molecule has 7 heteroatoms. The Morgan fingerprint density at radius 2 is 1.73 bits per heavy atom. The second kappa shape index (κ2) is 11.3. The summed E-state index contributed by atoms with van der Waals surface area (Å²) in [6, 6.07) is 27.5. The number of benzene rings is 3. The summed E-state index contributed by atoms with van der Waals surface area (Å²) in [5.74, 6) is -0.154. The van der Waals surface area contributed by atoms with Crippen LogP contribution < -0.4 is 4.90 Å². The molecule has 1 fully saturated rings. The number of nitrogens with zero attached hydrogens (tertiary/aromatic N) is 2. The van der Waals surface area contributed by atoms with Crippen LogP contribution in [0.4, 0.5) is 10.2 Å². The van der Waals surface area contributed by atoms with Crippen molar-refractivity contribution in [3.05, 3.63) is 119 Å². The molecule has 5 aromatic rings. The van der Waals surface area contributed by atoms with Crippen LogP contribution in [0.1, 0.15) is 46.0 Å². The van der Waals surface area contributed by atoms with Gasteiger partial charge in [-0.05, 0) is 36.1 Å². The lowest BCUT2D eigenvalue weighted by molar-refractivity contribution is 0.0602. The predicted molar refractivity (Wildman–Crippen MR) is 154 cm³/mol. The molecule has 3 heterocycles. The van der Waals surface area contributed by atoms with Crippen LogP contribution in [0.3, 0.4) is 0 Å².